The first-order chi connectivity index (χ1) is 6.09. The van der Waals surface area contributed by atoms with Crippen LogP contribution < -0.4 is 5.73 Å². The molecule has 0 unspecified atom stereocenters. The van der Waals surface area contributed by atoms with E-state index in [9.17, 15) is 4.79 Å². The number of allylic oxidation sites excluding steroid dienone is 1. The van der Waals surface area contributed by atoms with Crippen molar-refractivity contribution in [1.82, 2.24) is 0 Å². The quantitative estimate of drug-likeness (QED) is 0.582. The number of anilines is 1. The number of hydrogen-bond donors (Lipinski definition) is 1. The first-order valence-corrected chi connectivity index (χ1v) is 4.21. The Hall–Kier alpha value is -1.28. The fraction of sp³-hybridized carbons (Fsp3) is 0.100. The molecule has 0 heterocycles. The Bertz CT molecular complexity index is 358. The molecule has 0 atom stereocenters. The van der Waals surface area contributed by atoms with Crippen LogP contribution in [0.15, 0.2) is 24.3 Å². The van der Waals surface area contributed by atoms with Crippen LogP contribution in [0.5, 0.6) is 0 Å². The van der Waals surface area contributed by atoms with Crippen molar-refractivity contribution in [3.8, 4) is 0 Å². The first kappa shape index (κ1) is 9.81. The Morgan fingerprint density at radius 3 is 2.85 bits per heavy atom. The molecule has 3 heteroatoms. The van der Waals surface area contributed by atoms with E-state index in [1.54, 1.807) is 24.3 Å². The van der Waals surface area contributed by atoms with E-state index in [1.165, 1.54) is 13.0 Å². The van der Waals surface area contributed by atoms with Crippen LogP contribution in [0.3, 0.4) is 0 Å². The largest absolute Gasteiger partial charge is 0.398 e. The summed E-state index contributed by atoms with van der Waals surface area (Å²) in [6, 6.07) is 5.14. The van der Waals surface area contributed by atoms with Gasteiger partial charge in [-0.1, -0.05) is 11.6 Å². The molecule has 0 fully saturated rings. The molecule has 13 heavy (non-hydrogen) atoms. The molecule has 1 aromatic rings. The van der Waals surface area contributed by atoms with Crippen LogP contribution in [0.2, 0.25) is 5.02 Å². The van der Waals surface area contributed by atoms with Gasteiger partial charge in [-0.2, -0.15) is 0 Å². The summed E-state index contributed by atoms with van der Waals surface area (Å²) in [4.78, 5) is 10.7. The smallest absolute Gasteiger partial charge is 0.152 e. The second kappa shape index (κ2) is 4.10. The third-order valence-electron chi connectivity index (χ3n) is 1.55. The molecule has 0 radical (unpaired) electrons. The Morgan fingerprint density at radius 2 is 2.23 bits per heavy atom. The third-order valence-corrected chi connectivity index (χ3v) is 1.78. The average molecular weight is 196 g/mol. The minimum atomic E-state index is -0.0145. The Balaban J connectivity index is 3.00. The van der Waals surface area contributed by atoms with Crippen molar-refractivity contribution in [1.29, 1.82) is 0 Å². The molecule has 0 aliphatic rings. The second-order valence-electron chi connectivity index (χ2n) is 2.72. The van der Waals surface area contributed by atoms with Gasteiger partial charge in [0, 0.05) is 10.7 Å². The van der Waals surface area contributed by atoms with Gasteiger partial charge >= 0.3 is 0 Å². The lowest BCUT2D eigenvalue weighted by Gasteiger charge is -1.99. The number of nitrogens with two attached hydrogens (primary N) is 1. The maximum absolute atomic E-state index is 10.7. The topological polar surface area (TPSA) is 43.1 Å². The molecule has 0 spiro atoms. The van der Waals surface area contributed by atoms with Crippen LogP contribution in [-0.4, -0.2) is 5.78 Å². The lowest BCUT2D eigenvalue weighted by Crippen LogP contribution is -1.89. The molecule has 1 rings (SSSR count). The average Bonchev–Trinajstić information content (AvgIpc) is 2.06. The lowest BCUT2D eigenvalue weighted by atomic mass is 10.1. The third kappa shape index (κ3) is 2.92. The zero-order valence-electron chi connectivity index (χ0n) is 7.25. The molecule has 0 aliphatic carbocycles. The molecule has 1 aromatic carbocycles. The summed E-state index contributed by atoms with van der Waals surface area (Å²) < 4.78 is 0. The summed E-state index contributed by atoms with van der Waals surface area (Å²) >= 11 is 5.76. The van der Waals surface area contributed by atoms with E-state index in [2.05, 4.69) is 0 Å². The van der Waals surface area contributed by atoms with Gasteiger partial charge in [0.2, 0.25) is 0 Å². The summed E-state index contributed by atoms with van der Waals surface area (Å²) in [5.41, 5.74) is 7.03. The number of ketones is 1. The molecule has 0 saturated heterocycles. The van der Waals surface area contributed by atoms with E-state index in [-0.39, 0.29) is 5.78 Å². The maximum atomic E-state index is 10.7. The van der Waals surface area contributed by atoms with Crippen LogP contribution in [0.1, 0.15) is 12.5 Å². The molecular weight excluding hydrogens is 186 g/mol. The van der Waals surface area contributed by atoms with Crippen molar-refractivity contribution in [3.63, 3.8) is 0 Å². The molecule has 0 saturated carbocycles. The summed E-state index contributed by atoms with van der Waals surface area (Å²) in [5, 5.41) is 0.609. The van der Waals surface area contributed by atoms with E-state index >= 15 is 0 Å². The van der Waals surface area contributed by atoms with Crippen LogP contribution in [-0.2, 0) is 4.79 Å². The minimum Gasteiger partial charge on any atom is -0.398 e. The van der Waals surface area contributed by atoms with Gasteiger partial charge in [0.25, 0.3) is 0 Å². The van der Waals surface area contributed by atoms with Crippen molar-refractivity contribution < 1.29 is 4.79 Å². The monoisotopic (exact) mass is 195 g/mol. The predicted molar refractivity (Wildman–Crippen MR) is 55.6 cm³/mol. The van der Waals surface area contributed by atoms with Gasteiger partial charge in [-0.25, -0.2) is 0 Å². The summed E-state index contributed by atoms with van der Waals surface area (Å²) in [7, 11) is 0. The fourth-order valence-electron chi connectivity index (χ4n) is 0.897. The lowest BCUT2D eigenvalue weighted by molar-refractivity contribution is -0.112. The number of carbonyl (C=O) groups is 1. The van der Waals surface area contributed by atoms with Crippen LogP contribution >= 0.6 is 11.6 Å². The van der Waals surface area contributed by atoms with Crippen molar-refractivity contribution in [2.24, 2.45) is 0 Å². The van der Waals surface area contributed by atoms with Gasteiger partial charge in [0.15, 0.2) is 5.78 Å². The van der Waals surface area contributed by atoms with Gasteiger partial charge in [-0.3, -0.25) is 4.79 Å². The number of hydrogen-bond acceptors (Lipinski definition) is 2. The highest BCUT2D eigenvalue weighted by molar-refractivity contribution is 6.30. The van der Waals surface area contributed by atoms with Crippen molar-refractivity contribution in [3.05, 3.63) is 34.9 Å². The maximum Gasteiger partial charge on any atom is 0.152 e. The normalized spacial score (nSPS) is 10.6. The Labute approximate surface area is 82.0 Å². The minimum absolute atomic E-state index is 0.0145. The van der Waals surface area contributed by atoms with Gasteiger partial charge in [0.1, 0.15) is 0 Å². The summed E-state index contributed by atoms with van der Waals surface area (Å²) in [6.07, 6.45) is 3.12. The summed E-state index contributed by atoms with van der Waals surface area (Å²) in [6.45, 7) is 1.48. The van der Waals surface area contributed by atoms with E-state index in [4.69, 9.17) is 17.3 Å². The van der Waals surface area contributed by atoms with Gasteiger partial charge in [-0.05, 0) is 42.8 Å². The van der Waals surface area contributed by atoms with Crippen molar-refractivity contribution in [2.75, 3.05) is 5.73 Å². The van der Waals surface area contributed by atoms with Crippen LogP contribution in [0.25, 0.3) is 6.08 Å². The molecule has 2 nitrogen and oxygen atoms in total. The summed E-state index contributed by atoms with van der Waals surface area (Å²) in [5.74, 6) is -0.0145. The van der Waals surface area contributed by atoms with Gasteiger partial charge in [-0.15, -0.1) is 0 Å². The number of rotatable bonds is 2. The number of nitrogen functional groups attached to an aromatic ring is 1. The molecule has 0 aliphatic heterocycles. The first-order valence-electron chi connectivity index (χ1n) is 3.83. The van der Waals surface area contributed by atoms with Crippen LogP contribution in [0.4, 0.5) is 5.69 Å². The van der Waals surface area contributed by atoms with Crippen molar-refractivity contribution >= 4 is 29.1 Å². The molecule has 68 valence electrons. The zero-order chi connectivity index (χ0) is 9.84. The Kier molecular flexibility index (Phi) is 3.09. The fourth-order valence-corrected chi connectivity index (χ4v) is 1.08. The van der Waals surface area contributed by atoms with E-state index in [1.807, 2.05) is 0 Å². The SMILES string of the molecule is CC(=O)/C=C/c1cc(Cl)ccc1N. The molecule has 0 aromatic heterocycles. The van der Waals surface area contributed by atoms with Crippen LogP contribution in [0, 0.1) is 0 Å². The second-order valence-corrected chi connectivity index (χ2v) is 3.15. The van der Waals surface area contributed by atoms with Crippen molar-refractivity contribution in [2.45, 2.75) is 6.92 Å². The Morgan fingerprint density at radius 1 is 1.54 bits per heavy atom. The standard InChI is InChI=1S/C10H10ClNO/c1-7(13)2-3-8-6-9(11)4-5-10(8)12/h2-6H,12H2,1H3/b3-2+. The number of carbonyl (C=O) groups excluding carboxylic acids is 1. The van der Waals surface area contributed by atoms with Gasteiger partial charge in [0.05, 0.1) is 0 Å². The van der Waals surface area contributed by atoms with Gasteiger partial charge < -0.3 is 5.73 Å². The highest BCUT2D eigenvalue weighted by Crippen LogP contribution is 2.18. The molecule has 0 bridgehead atoms. The highest BCUT2D eigenvalue weighted by Gasteiger charge is 1.95. The number of halogens is 1. The van der Waals surface area contributed by atoms with E-state index < -0.39 is 0 Å². The predicted octanol–water partition coefficient (Wildman–Crippen LogP) is 2.52. The molecule has 2 N–H and O–H groups in total. The van der Waals surface area contributed by atoms with E-state index in [0.29, 0.717) is 10.7 Å². The number of benzene rings is 1. The highest BCUT2D eigenvalue weighted by atomic mass is 35.5. The molecule has 0 amide bonds. The molecular formula is C10H10ClNO. The zero-order valence-corrected chi connectivity index (χ0v) is 8.01. The van der Waals surface area contributed by atoms with E-state index in [0.717, 1.165) is 5.56 Å².